The average molecular weight is 358 g/mol. The fraction of sp³-hybridized carbons (Fsp3) is 0.357. The van der Waals surface area contributed by atoms with Crippen LogP contribution in [0.25, 0.3) is 6.20 Å². The topological polar surface area (TPSA) is 71.8 Å². The van der Waals surface area contributed by atoms with Crippen LogP contribution < -0.4 is 5.43 Å². The molecule has 0 saturated carbocycles. The van der Waals surface area contributed by atoms with Crippen LogP contribution in [-0.2, 0) is 9.53 Å². The Balaban J connectivity index is 2.41. The molecular formula is C14H17Cl2N5O2. The van der Waals surface area contributed by atoms with E-state index in [1.165, 1.54) is 12.1 Å². The first-order chi connectivity index (χ1) is 10.8. The number of hydrazine groups is 1. The van der Waals surface area contributed by atoms with Gasteiger partial charge in [0, 0.05) is 5.69 Å². The molecule has 1 N–H and O–H groups in total. The van der Waals surface area contributed by atoms with Gasteiger partial charge in [-0.1, -0.05) is 23.2 Å². The van der Waals surface area contributed by atoms with Gasteiger partial charge in [-0.15, -0.1) is 0 Å². The smallest absolute Gasteiger partial charge is 0.338 e. The van der Waals surface area contributed by atoms with Crippen LogP contribution in [0.1, 0.15) is 18.3 Å². The molecule has 0 radical (unpaired) electrons. The molecule has 0 amide bonds. The van der Waals surface area contributed by atoms with Crippen LogP contribution >= 0.6 is 23.2 Å². The van der Waals surface area contributed by atoms with Crippen LogP contribution in [0.15, 0.2) is 27.6 Å². The number of aliphatic imine (C=N–C) groups is 1. The number of aromatic nitrogens is 2. The zero-order chi connectivity index (χ0) is 17.1. The third-order valence-electron chi connectivity index (χ3n) is 3.07. The molecule has 1 aliphatic heterocycles. The Bertz CT molecular complexity index is 717. The molecule has 1 aromatic heterocycles. The van der Waals surface area contributed by atoms with Crippen molar-refractivity contribution < 1.29 is 9.53 Å². The number of aryl methyl sites for hydroxylation is 2. The van der Waals surface area contributed by atoms with Crippen molar-refractivity contribution in [2.45, 2.75) is 20.8 Å². The molecule has 0 fully saturated rings. The highest BCUT2D eigenvalue weighted by molar-refractivity contribution is 6.64. The SMILES string of the molecule is COC(=O)C1=C(/N=C(\C)Cl)N(/C(Cl)=C/n2nc(C)cc2C)NC1. The molecule has 7 nitrogen and oxygen atoms in total. The van der Waals surface area contributed by atoms with Gasteiger partial charge in [-0.2, -0.15) is 5.10 Å². The maximum atomic E-state index is 11.9. The molecule has 0 spiro atoms. The molecule has 0 bridgehead atoms. The van der Waals surface area contributed by atoms with Crippen molar-refractivity contribution in [1.82, 2.24) is 20.2 Å². The normalized spacial score (nSPS) is 16.3. The molecule has 2 heterocycles. The van der Waals surface area contributed by atoms with Crippen molar-refractivity contribution >= 4 is 40.5 Å². The highest BCUT2D eigenvalue weighted by Gasteiger charge is 2.29. The number of nitrogens with one attached hydrogen (secondary N) is 1. The zero-order valence-corrected chi connectivity index (χ0v) is 14.7. The molecule has 0 aromatic carbocycles. The fourth-order valence-corrected chi connectivity index (χ4v) is 2.42. The summed E-state index contributed by atoms with van der Waals surface area (Å²) >= 11 is 12.2. The summed E-state index contributed by atoms with van der Waals surface area (Å²) < 4.78 is 6.40. The number of methoxy groups -OCH3 is 1. The minimum absolute atomic E-state index is 0.233. The molecule has 9 heteroatoms. The van der Waals surface area contributed by atoms with Crippen molar-refractivity contribution in [3.05, 3.63) is 34.0 Å². The van der Waals surface area contributed by atoms with E-state index in [2.05, 4.69) is 15.5 Å². The van der Waals surface area contributed by atoms with Crippen LogP contribution in [0.3, 0.4) is 0 Å². The number of carbonyl (C=O) groups excluding carboxylic acids is 1. The second-order valence-electron chi connectivity index (χ2n) is 4.90. The zero-order valence-electron chi connectivity index (χ0n) is 13.2. The summed E-state index contributed by atoms with van der Waals surface area (Å²) in [5.41, 5.74) is 5.12. The monoisotopic (exact) mass is 357 g/mol. The number of carbonyl (C=O) groups is 1. The first-order valence-corrected chi connectivity index (χ1v) is 7.55. The maximum absolute atomic E-state index is 11.9. The molecule has 0 aliphatic carbocycles. The minimum atomic E-state index is -0.493. The Morgan fingerprint density at radius 1 is 1.48 bits per heavy atom. The van der Waals surface area contributed by atoms with E-state index < -0.39 is 5.97 Å². The Labute approximate surface area is 144 Å². The van der Waals surface area contributed by atoms with Crippen molar-refractivity contribution in [3.8, 4) is 0 Å². The Hall–Kier alpha value is -1.83. The molecule has 1 aromatic rings. The summed E-state index contributed by atoms with van der Waals surface area (Å²) in [6, 6.07) is 1.93. The summed E-state index contributed by atoms with van der Waals surface area (Å²) in [5.74, 6) is -0.195. The first kappa shape index (κ1) is 17.5. The van der Waals surface area contributed by atoms with Crippen molar-refractivity contribution in [2.24, 2.45) is 4.99 Å². The fourth-order valence-electron chi connectivity index (χ4n) is 2.11. The van der Waals surface area contributed by atoms with Gasteiger partial charge in [0.15, 0.2) is 5.82 Å². The number of nitrogens with zero attached hydrogens (tertiary/aromatic N) is 4. The Morgan fingerprint density at radius 2 is 2.17 bits per heavy atom. The largest absolute Gasteiger partial charge is 0.466 e. The second kappa shape index (κ2) is 7.16. The molecule has 2 rings (SSSR count). The Kier molecular flexibility index (Phi) is 5.46. The summed E-state index contributed by atoms with van der Waals surface area (Å²) in [6.07, 6.45) is 1.62. The lowest BCUT2D eigenvalue weighted by atomic mass is 10.3. The van der Waals surface area contributed by atoms with Gasteiger partial charge >= 0.3 is 5.97 Å². The summed E-state index contributed by atoms with van der Waals surface area (Å²) in [4.78, 5) is 16.0. The number of rotatable bonds is 4. The number of hydrogen-bond donors (Lipinski definition) is 1. The van der Waals surface area contributed by atoms with E-state index in [0.29, 0.717) is 11.4 Å². The highest BCUT2D eigenvalue weighted by atomic mass is 35.5. The van der Waals surface area contributed by atoms with Crippen LogP contribution in [-0.4, -0.2) is 39.6 Å². The van der Waals surface area contributed by atoms with Gasteiger partial charge in [0.05, 0.1) is 31.1 Å². The van der Waals surface area contributed by atoms with Gasteiger partial charge < -0.3 is 4.74 Å². The second-order valence-corrected chi connectivity index (χ2v) is 5.83. The Morgan fingerprint density at radius 3 is 2.70 bits per heavy atom. The average Bonchev–Trinajstić information content (AvgIpc) is 3.01. The van der Waals surface area contributed by atoms with Crippen LogP contribution in [0.5, 0.6) is 0 Å². The minimum Gasteiger partial charge on any atom is -0.466 e. The van der Waals surface area contributed by atoms with E-state index in [1.807, 2.05) is 19.9 Å². The summed E-state index contributed by atoms with van der Waals surface area (Å²) in [6.45, 7) is 5.65. The van der Waals surface area contributed by atoms with E-state index in [0.717, 1.165) is 11.4 Å². The summed E-state index contributed by atoms with van der Waals surface area (Å²) in [5, 5.41) is 6.33. The van der Waals surface area contributed by atoms with Gasteiger partial charge in [-0.3, -0.25) is 0 Å². The number of esters is 1. The third-order valence-corrected chi connectivity index (χ3v) is 3.43. The predicted molar refractivity (Wildman–Crippen MR) is 89.7 cm³/mol. The predicted octanol–water partition coefficient (Wildman–Crippen LogP) is 2.36. The number of hydrogen-bond acceptors (Lipinski definition) is 6. The first-order valence-electron chi connectivity index (χ1n) is 6.79. The van der Waals surface area contributed by atoms with E-state index in [1.54, 1.807) is 17.8 Å². The van der Waals surface area contributed by atoms with Crippen molar-refractivity contribution in [2.75, 3.05) is 13.7 Å². The van der Waals surface area contributed by atoms with Crippen LogP contribution in [0.4, 0.5) is 0 Å². The molecule has 0 saturated heterocycles. The third kappa shape index (κ3) is 3.93. The van der Waals surface area contributed by atoms with Crippen molar-refractivity contribution in [1.29, 1.82) is 0 Å². The van der Waals surface area contributed by atoms with E-state index in [9.17, 15) is 4.79 Å². The summed E-state index contributed by atoms with van der Waals surface area (Å²) in [7, 11) is 1.31. The van der Waals surface area contributed by atoms with Gasteiger partial charge in [0.1, 0.15) is 10.3 Å². The highest BCUT2D eigenvalue weighted by Crippen LogP contribution is 2.25. The van der Waals surface area contributed by atoms with Crippen LogP contribution in [0.2, 0.25) is 0 Å². The molecule has 0 atom stereocenters. The van der Waals surface area contributed by atoms with E-state index >= 15 is 0 Å². The van der Waals surface area contributed by atoms with Crippen molar-refractivity contribution in [3.63, 3.8) is 0 Å². The maximum Gasteiger partial charge on any atom is 0.338 e. The molecule has 1 aliphatic rings. The standard InChI is InChI=1S/C14H17Cl2N5O2/c1-8-5-9(2)20(19-8)7-12(16)21-13(18-10(3)15)11(6-17-21)14(22)23-4/h5,7,17H,6H2,1-4H3/b12-7+,18-10+. The quantitative estimate of drug-likeness (QED) is 0.508. The number of ether oxygens (including phenoxy) is 1. The van der Waals surface area contributed by atoms with E-state index in [4.69, 9.17) is 27.9 Å². The van der Waals surface area contributed by atoms with Gasteiger partial charge in [-0.05, 0) is 26.8 Å². The lowest BCUT2D eigenvalue weighted by Crippen LogP contribution is -2.29. The molecule has 0 unspecified atom stereocenters. The lowest BCUT2D eigenvalue weighted by Gasteiger charge is -2.18. The molecular weight excluding hydrogens is 341 g/mol. The number of halogens is 2. The van der Waals surface area contributed by atoms with Gasteiger partial charge in [0.2, 0.25) is 0 Å². The molecule has 124 valence electrons. The lowest BCUT2D eigenvalue weighted by molar-refractivity contribution is -0.136. The van der Waals surface area contributed by atoms with Crippen LogP contribution in [0, 0.1) is 13.8 Å². The van der Waals surface area contributed by atoms with E-state index in [-0.39, 0.29) is 16.9 Å². The van der Waals surface area contributed by atoms with Gasteiger partial charge in [-0.25, -0.2) is 24.9 Å². The molecule has 23 heavy (non-hydrogen) atoms. The van der Waals surface area contributed by atoms with Gasteiger partial charge in [0.25, 0.3) is 0 Å².